The van der Waals surface area contributed by atoms with Crippen molar-refractivity contribution in [3.05, 3.63) is 59.8 Å². The number of rotatable bonds is 5. The van der Waals surface area contributed by atoms with E-state index in [0.29, 0.717) is 41.6 Å². The van der Waals surface area contributed by atoms with E-state index in [0.717, 1.165) is 22.8 Å². The molecule has 1 fully saturated rings. The van der Waals surface area contributed by atoms with Gasteiger partial charge in [0, 0.05) is 55.5 Å². The first kappa shape index (κ1) is 22.8. The molecule has 5 nitrogen and oxygen atoms in total. The highest BCUT2D eigenvalue weighted by atomic mass is 32.2. The Hall–Kier alpha value is -2.37. The predicted molar refractivity (Wildman–Crippen MR) is 133 cm³/mol. The van der Waals surface area contributed by atoms with Crippen molar-refractivity contribution in [3.8, 4) is 22.8 Å². The Morgan fingerprint density at radius 3 is 2.25 bits per heavy atom. The minimum absolute atomic E-state index is 0.120. The highest BCUT2D eigenvalue weighted by Crippen LogP contribution is 2.35. The molecule has 1 amide bonds. The van der Waals surface area contributed by atoms with Gasteiger partial charge >= 0.3 is 0 Å². The number of alkyl halides is 1. The lowest BCUT2D eigenvalue weighted by Crippen LogP contribution is -2.38. The molecule has 2 heterocycles. The summed E-state index contributed by atoms with van der Waals surface area (Å²) >= 11 is 1.85. The van der Waals surface area contributed by atoms with Crippen LogP contribution in [0.4, 0.5) is 10.1 Å². The third kappa shape index (κ3) is 4.84. The van der Waals surface area contributed by atoms with Gasteiger partial charge in [-0.25, -0.2) is 9.37 Å². The highest BCUT2D eigenvalue weighted by molar-refractivity contribution is 7.99. The molecule has 1 aliphatic rings. The molecule has 3 aromatic rings. The van der Waals surface area contributed by atoms with Crippen LogP contribution in [-0.4, -0.2) is 54.5 Å². The minimum Gasteiger partial charge on any atom is -0.435 e. The van der Waals surface area contributed by atoms with Crippen molar-refractivity contribution < 1.29 is 13.6 Å². The van der Waals surface area contributed by atoms with Gasteiger partial charge in [-0.1, -0.05) is 21.4 Å². The van der Waals surface area contributed by atoms with Crippen LogP contribution in [0.1, 0.15) is 23.0 Å². The van der Waals surface area contributed by atoms with E-state index in [1.165, 1.54) is 6.92 Å². The van der Waals surface area contributed by atoms with Gasteiger partial charge in [0.15, 0.2) is 11.5 Å². The first-order valence-corrected chi connectivity index (χ1v) is 12.2. The van der Waals surface area contributed by atoms with E-state index in [9.17, 15) is 9.18 Å². The second kappa shape index (κ2) is 9.24. The minimum atomic E-state index is -1.51. The molecule has 2 atom stereocenters. The molecule has 0 saturated carbocycles. The van der Waals surface area contributed by atoms with Crippen molar-refractivity contribution >= 4 is 32.6 Å². The van der Waals surface area contributed by atoms with Gasteiger partial charge in [-0.2, -0.15) is 11.8 Å². The number of oxazole rings is 1. The van der Waals surface area contributed by atoms with Gasteiger partial charge in [-0.3, -0.25) is 4.79 Å². The number of amides is 1. The maximum atomic E-state index is 14.2. The molecule has 1 aromatic heterocycles. The molecule has 4 rings (SSSR count). The average molecular weight is 472 g/mol. The quantitative estimate of drug-likeness (QED) is 0.474. The van der Waals surface area contributed by atoms with Crippen molar-refractivity contribution in [3.63, 3.8) is 0 Å². The van der Waals surface area contributed by atoms with Gasteiger partial charge < -0.3 is 14.2 Å². The molecule has 0 N–H and O–H groups in total. The van der Waals surface area contributed by atoms with Crippen LogP contribution in [0.3, 0.4) is 0 Å². The predicted octanol–water partition coefficient (Wildman–Crippen LogP) is 5.28. The smallest absolute Gasteiger partial charge is 0.276 e. The molecule has 1 aliphatic heterocycles. The summed E-state index contributed by atoms with van der Waals surface area (Å²) in [6.07, 6.45) is 0. The van der Waals surface area contributed by atoms with E-state index in [4.69, 9.17) is 4.42 Å². The Labute approximate surface area is 194 Å². The molecular weight excluding hydrogens is 444 g/mol. The summed E-state index contributed by atoms with van der Waals surface area (Å²) in [4.78, 5) is 21.8. The summed E-state index contributed by atoms with van der Waals surface area (Å²) in [6, 6.07) is 14.8. The van der Waals surface area contributed by atoms with Crippen LogP contribution >= 0.6 is 21.0 Å². The summed E-state index contributed by atoms with van der Waals surface area (Å²) in [5.74, 6) is 2.52. The van der Waals surface area contributed by atoms with Crippen molar-refractivity contribution in [1.82, 2.24) is 9.88 Å². The fraction of sp³-hybridized carbons (Fsp3) is 0.333. The Balaban J connectivity index is 1.75. The fourth-order valence-electron chi connectivity index (χ4n) is 3.55. The maximum Gasteiger partial charge on any atom is 0.276 e. The molecule has 2 aromatic carbocycles. The van der Waals surface area contributed by atoms with Crippen LogP contribution in [-0.2, 0) is 5.41 Å². The fourth-order valence-corrected chi connectivity index (χ4v) is 4.65. The Bertz CT molecular complexity index is 1090. The summed E-state index contributed by atoms with van der Waals surface area (Å²) in [5.41, 5.74) is 3.40. The molecule has 0 bridgehead atoms. The summed E-state index contributed by atoms with van der Waals surface area (Å²) in [7, 11) is 6.15. The van der Waals surface area contributed by atoms with E-state index in [-0.39, 0.29) is 5.91 Å². The standard InChI is InChI=1S/C24H27FN3O2PS/c1-24(25,31)18-8-4-17(5-9-18)22-26-20(23(29)28-12-14-32-15-13-28)21(30-22)16-6-10-19(11-7-16)27(2)3/h4-11H,12-15,31H2,1-3H3. The van der Waals surface area contributed by atoms with E-state index in [2.05, 4.69) is 14.2 Å². The number of halogens is 1. The number of carbonyl (C=O) groups excluding carboxylic acids is 1. The van der Waals surface area contributed by atoms with Gasteiger partial charge in [-0.15, -0.1) is 0 Å². The van der Waals surface area contributed by atoms with Crippen LogP contribution in [0, 0.1) is 0 Å². The largest absolute Gasteiger partial charge is 0.435 e. The monoisotopic (exact) mass is 471 g/mol. The summed E-state index contributed by atoms with van der Waals surface area (Å²) in [6.45, 7) is 2.88. The lowest BCUT2D eigenvalue weighted by atomic mass is 10.1. The number of anilines is 1. The number of nitrogens with zero attached hydrogens (tertiary/aromatic N) is 3. The number of carbonyl (C=O) groups is 1. The van der Waals surface area contributed by atoms with Gasteiger partial charge in [0.25, 0.3) is 5.91 Å². The number of aromatic nitrogens is 1. The van der Waals surface area contributed by atoms with E-state index >= 15 is 0 Å². The van der Waals surface area contributed by atoms with Gasteiger partial charge in [0.1, 0.15) is 5.41 Å². The normalized spacial score (nSPS) is 16.0. The van der Waals surface area contributed by atoms with Gasteiger partial charge in [-0.05, 0) is 48.9 Å². The van der Waals surface area contributed by atoms with Crippen molar-refractivity contribution in [2.24, 2.45) is 0 Å². The molecule has 0 spiro atoms. The van der Waals surface area contributed by atoms with Crippen LogP contribution in [0.5, 0.6) is 0 Å². The van der Waals surface area contributed by atoms with Crippen LogP contribution in [0.2, 0.25) is 0 Å². The first-order chi connectivity index (χ1) is 15.2. The van der Waals surface area contributed by atoms with Crippen molar-refractivity contribution in [2.45, 2.75) is 12.3 Å². The van der Waals surface area contributed by atoms with E-state index in [1.54, 1.807) is 24.3 Å². The molecule has 1 saturated heterocycles. The molecular formula is C24H27FN3O2PS. The van der Waals surface area contributed by atoms with Gasteiger partial charge in [0.2, 0.25) is 5.89 Å². The lowest BCUT2D eigenvalue weighted by Gasteiger charge is -2.25. The Morgan fingerprint density at radius 1 is 1.09 bits per heavy atom. The SMILES string of the molecule is CN(C)c1ccc(-c2oc(-c3ccc(C(C)(F)P)cc3)nc2C(=O)N2CCSCC2)cc1. The van der Waals surface area contributed by atoms with E-state index in [1.807, 2.05) is 59.9 Å². The van der Waals surface area contributed by atoms with Crippen LogP contribution < -0.4 is 4.90 Å². The van der Waals surface area contributed by atoms with Gasteiger partial charge in [0.05, 0.1) is 0 Å². The molecule has 0 aliphatic carbocycles. The molecule has 0 radical (unpaired) electrons. The molecule has 168 valence electrons. The zero-order valence-electron chi connectivity index (χ0n) is 18.5. The number of hydrogen-bond donors (Lipinski definition) is 0. The number of benzene rings is 2. The molecule has 2 unspecified atom stereocenters. The number of thioether (sulfide) groups is 1. The van der Waals surface area contributed by atoms with Crippen LogP contribution in [0.15, 0.2) is 52.9 Å². The van der Waals surface area contributed by atoms with Crippen molar-refractivity contribution in [1.29, 1.82) is 0 Å². The molecule has 8 heteroatoms. The number of hydrogen-bond acceptors (Lipinski definition) is 5. The van der Waals surface area contributed by atoms with Crippen LogP contribution in [0.25, 0.3) is 22.8 Å². The van der Waals surface area contributed by atoms with Crippen molar-refractivity contribution in [2.75, 3.05) is 43.6 Å². The topological polar surface area (TPSA) is 49.6 Å². The zero-order chi connectivity index (χ0) is 22.9. The second-order valence-electron chi connectivity index (χ2n) is 8.20. The summed E-state index contributed by atoms with van der Waals surface area (Å²) < 4.78 is 20.4. The third-order valence-corrected chi connectivity index (χ3v) is 6.75. The Morgan fingerprint density at radius 2 is 1.69 bits per heavy atom. The highest BCUT2D eigenvalue weighted by Gasteiger charge is 2.28. The maximum absolute atomic E-state index is 14.2. The zero-order valence-corrected chi connectivity index (χ0v) is 20.4. The summed E-state index contributed by atoms with van der Waals surface area (Å²) in [5, 5.41) is -1.51. The molecule has 32 heavy (non-hydrogen) atoms. The Kier molecular flexibility index (Phi) is 6.59. The van der Waals surface area contributed by atoms with E-state index < -0.39 is 5.41 Å². The lowest BCUT2D eigenvalue weighted by molar-refractivity contribution is 0.0767. The first-order valence-electron chi connectivity index (χ1n) is 10.5. The third-order valence-electron chi connectivity index (χ3n) is 5.47. The second-order valence-corrected chi connectivity index (χ2v) is 10.5. The average Bonchev–Trinajstić information content (AvgIpc) is 3.24.